The van der Waals surface area contributed by atoms with Crippen LogP contribution in [0.3, 0.4) is 0 Å². The number of rotatable bonds is 8. The Hall–Kier alpha value is -3.93. The highest BCUT2D eigenvalue weighted by Gasteiger charge is 2.08. The van der Waals surface area contributed by atoms with Gasteiger partial charge in [-0.05, 0) is 74.9 Å². The fourth-order valence-corrected chi connectivity index (χ4v) is 3.28. The summed E-state index contributed by atoms with van der Waals surface area (Å²) in [5.41, 5.74) is 7.26. The quantitative estimate of drug-likeness (QED) is 0.398. The zero-order chi connectivity index (χ0) is 22.9. The second kappa shape index (κ2) is 10.9. The minimum atomic E-state index is -0.322. The normalized spacial score (nSPS) is 10.7. The number of carbonyl (C=O) groups excluding carboxylic acids is 2. The first-order valence-corrected chi connectivity index (χ1v) is 10.7. The van der Waals surface area contributed by atoms with Crippen LogP contribution in [-0.4, -0.2) is 31.1 Å². The SMILES string of the molecule is CCN(CC)c1ccc(C=NNC(=O)c2ccc(NC(=O)c3cccc(C)c3)cc2)cc1. The zero-order valence-electron chi connectivity index (χ0n) is 18.6. The van der Waals surface area contributed by atoms with Gasteiger partial charge in [-0.25, -0.2) is 5.43 Å². The predicted molar refractivity (Wildman–Crippen MR) is 131 cm³/mol. The van der Waals surface area contributed by atoms with Gasteiger partial charge in [-0.3, -0.25) is 9.59 Å². The van der Waals surface area contributed by atoms with Crippen molar-refractivity contribution in [3.8, 4) is 0 Å². The smallest absolute Gasteiger partial charge is 0.271 e. The summed E-state index contributed by atoms with van der Waals surface area (Å²) in [5, 5.41) is 6.88. The number of anilines is 2. The molecule has 0 saturated heterocycles. The van der Waals surface area contributed by atoms with Crippen molar-refractivity contribution in [2.45, 2.75) is 20.8 Å². The molecule has 3 aromatic rings. The van der Waals surface area contributed by atoms with E-state index in [0.29, 0.717) is 16.8 Å². The molecule has 0 aliphatic rings. The number of nitrogens with one attached hydrogen (secondary N) is 2. The summed E-state index contributed by atoms with van der Waals surface area (Å²) in [6.45, 7) is 8.09. The maximum Gasteiger partial charge on any atom is 0.271 e. The number of carbonyl (C=O) groups is 2. The van der Waals surface area contributed by atoms with E-state index in [2.05, 4.69) is 34.6 Å². The molecule has 0 atom stereocenters. The maximum atomic E-state index is 12.3. The minimum absolute atomic E-state index is 0.192. The summed E-state index contributed by atoms with van der Waals surface area (Å²) in [5.74, 6) is -0.514. The molecule has 3 rings (SSSR count). The van der Waals surface area contributed by atoms with Crippen LogP contribution in [0, 0.1) is 6.92 Å². The van der Waals surface area contributed by atoms with E-state index < -0.39 is 0 Å². The molecule has 0 unspecified atom stereocenters. The fraction of sp³-hybridized carbons (Fsp3) is 0.192. The summed E-state index contributed by atoms with van der Waals surface area (Å²) in [7, 11) is 0. The molecule has 0 fully saturated rings. The van der Waals surface area contributed by atoms with Gasteiger partial charge in [-0.2, -0.15) is 5.10 Å². The monoisotopic (exact) mass is 428 g/mol. The van der Waals surface area contributed by atoms with Crippen molar-refractivity contribution in [3.63, 3.8) is 0 Å². The van der Waals surface area contributed by atoms with Crippen molar-refractivity contribution >= 4 is 29.4 Å². The molecule has 0 bridgehead atoms. The molecule has 3 aromatic carbocycles. The van der Waals surface area contributed by atoms with E-state index in [9.17, 15) is 9.59 Å². The van der Waals surface area contributed by atoms with Gasteiger partial charge in [-0.15, -0.1) is 0 Å². The molecule has 2 amide bonds. The highest BCUT2D eigenvalue weighted by molar-refractivity contribution is 6.04. The molecule has 2 N–H and O–H groups in total. The molecule has 164 valence electrons. The third kappa shape index (κ3) is 6.04. The molecule has 0 aromatic heterocycles. The lowest BCUT2D eigenvalue weighted by atomic mass is 10.1. The van der Waals surface area contributed by atoms with Crippen LogP contribution in [-0.2, 0) is 0 Å². The number of hydrogen-bond donors (Lipinski definition) is 2. The van der Waals surface area contributed by atoms with Gasteiger partial charge in [0.05, 0.1) is 6.21 Å². The van der Waals surface area contributed by atoms with Crippen molar-refractivity contribution < 1.29 is 9.59 Å². The summed E-state index contributed by atoms with van der Waals surface area (Å²) in [4.78, 5) is 26.9. The lowest BCUT2D eigenvalue weighted by Crippen LogP contribution is -2.21. The van der Waals surface area contributed by atoms with Crippen LogP contribution in [0.2, 0.25) is 0 Å². The van der Waals surface area contributed by atoms with E-state index in [4.69, 9.17) is 0 Å². The van der Waals surface area contributed by atoms with Crippen molar-refractivity contribution in [2.75, 3.05) is 23.3 Å². The maximum absolute atomic E-state index is 12.3. The van der Waals surface area contributed by atoms with Crippen molar-refractivity contribution in [2.24, 2.45) is 5.10 Å². The van der Waals surface area contributed by atoms with E-state index in [1.54, 1.807) is 36.5 Å². The van der Waals surface area contributed by atoms with Crippen LogP contribution in [0.5, 0.6) is 0 Å². The second-order valence-corrected chi connectivity index (χ2v) is 7.36. The molecule has 0 aliphatic carbocycles. The zero-order valence-corrected chi connectivity index (χ0v) is 18.6. The molecule has 0 heterocycles. The van der Waals surface area contributed by atoms with Crippen molar-refractivity contribution in [3.05, 3.63) is 95.1 Å². The molecule has 6 heteroatoms. The Labute approximate surface area is 189 Å². The Morgan fingerprint density at radius 3 is 2.19 bits per heavy atom. The van der Waals surface area contributed by atoms with Gasteiger partial charge >= 0.3 is 0 Å². The van der Waals surface area contributed by atoms with Crippen LogP contribution in [0.1, 0.15) is 45.7 Å². The molecule has 6 nitrogen and oxygen atoms in total. The number of hydrazone groups is 1. The molecular formula is C26H28N4O2. The largest absolute Gasteiger partial charge is 0.372 e. The third-order valence-corrected chi connectivity index (χ3v) is 5.09. The van der Waals surface area contributed by atoms with Gasteiger partial charge < -0.3 is 10.2 Å². The lowest BCUT2D eigenvalue weighted by Gasteiger charge is -2.20. The van der Waals surface area contributed by atoms with Crippen LogP contribution >= 0.6 is 0 Å². The number of aryl methyl sites for hydroxylation is 1. The standard InChI is InChI=1S/C26H28N4O2/c1-4-30(5-2)24-15-9-20(10-16-24)18-27-29-26(32)21-11-13-23(14-12-21)28-25(31)22-8-6-7-19(3)17-22/h6-18H,4-5H2,1-3H3,(H,28,31)(H,29,32). The Bertz CT molecular complexity index is 1090. The minimum Gasteiger partial charge on any atom is -0.372 e. The molecule has 32 heavy (non-hydrogen) atoms. The summed E-state index contributed by atoms with van der Waals surface area (Å²) >= 11 is 0. The topological polar surface area (TPSA) is 73.8 Å². The Kier molecular flexibility index (Phi) is 7.75. The van der Waals surface area contributed by atoms with Gasteiger partial charge in [0.2, 0.25) is 0 Å². The van der Waals surface area contributed by atoms with Gasteiger partial charge in [0.25, 0.3) is 11.8 Å². The lowest BCUT2D eigenvalue weighted by molar-refractivity contribution is 0.0954. The highest BCUT2D eigenvalue weighted by atomic mass is 16.2. The summed E-state index contributed by atoms with van der Waals surface area (Å²) in [6, 6.07) is 22.1. The van der Waals surface area contributed by atoms with Crippen molar-refractivity contribution in [1.29, 1.82) is 0 Å². The fourth-order valence-electron chi connectivity index (χ4n) is 3.28. The number of hydrogen-bond acceptors (Lipinski definition) is 4. The molecular weight excluding hydrogens is 400 g/mol. The molecule has 0 radical (unpaired) electrons. The summed E-state index contributed by atoms with van der Waals surface area (Å²) in [6.07, 6.45) is 1.61. The Morgan fingerprint density at radius 2 is 1.56 bits per heavy atom. The first kappa shape index (κ1) is 22.7. The molecule has 0 saturated carbocycles. The average molecular weight is 429 g/mol. The predicted octanol–water partition coefficient (Wildman–Crippen LogP) is 4.86. The number of nitrogens with zero attached hydrogens (tertiary/aromatic N) is 2. The van der Waals surface area contributed by atoms with Crippen LogP contribution in [0.15, 0.2) is 77.9 Å². The van der Waals surface area contributed by atoms with Crippen LogP contribution in [0.25, 0.3) is 0 Å². The average Bonchev–Trinajstić information content (AvgIpc) is 2.81. The first-order valence-electron chi connectivity index (χ1n) is 10.7. The third-order valence-electron chi connectivity index (χ3n) is 5.09. The number of amides is 2. The van der Waals surface area contributed by atoms with Crippen molar-refractivity contribution in [1.82, 2.24) is 5.43 Å². The van der Waals surface area contributed by atoms with Gasteiger partial charge in [0, 0.05) is 35.6 Å². The van der Waals surface area contributed by atoms with E-state index in [-0.39, 0.29) is 11.8 Å². The molecule has 0 spiro atoms. The van der Waals surface area contributed by atoms with Crippen LogP contribution in [0.4, 0.5) is 11.4 Å². The van der Waals surface area contributed by atoms with Crippen LogP contribution < -0.4 is 15.6 Å². The first-order chi connectivity index (χ1) is 15.5. The Morgan fingerprint density at radius 1 is 0.875 bits per heavy atom. The van der Waals surface area contributed by atoms with Gasteiger partial charge in [-0.1, -0.05) is 29.8 Å². The summed E-state index contributed by atoms with van der Waals surface area (Å²) < 4.78 is 0. The number of benzene rings is 3. The van der Waals surface area contributed by atoms with E-state index >= 15 is 0 Å². The molecule has 0 aliphatic heterocycles. The van der Waals surface area contributed by atoms with Gasteiger partial charge in [0.15, 0.2) is 0 Å². The Balaban J connectivity index is 1.55. The van der Waals surface area contributed by atoms with E-state index in [0.717, 1.165) is 29.9 Å². The second-order valence-electron chi connectivity index (χ2n) is 7.36. The van der Waals surface area contributed by atoms with Gasteiger partial charge in [0.1, 0.15) is 0 Å². The van der Waals surface area contributed by atoms with E-state index in [1.165, 1.54) is 0 Å². The highest BCUT2D eigenvalue weighted by Crippen LogP contribution is 2.14. The van der Waals surface area contributed by atoms with E-state index in [1.807, 2.05) is 49.4 Å².